The van der Waals surface area contributed by atoms with E-state index in [1.807, 2.05) is 5.32 Å². The van der Waals surface area contributed by atoms with Crippen LogP contribution in [-0.2, 0) is 47.9 Å². The highest BCUT2D eigenvalue weighted by atomic mass is 16.4. The lowest BCUT2D eigenvalue weighted by Gasteiger charge is -2.32. The fourth-order valence-electron chi connectivity index (χ4n) is 5.44. The summed E-state index contributed by atoms with van der Waals surface area (Å²) in [6.45, 7) is 10.2. The van der Waals surface area contributed by atoms with E-state index in [2.05, 4.69) is 26.6 Å². The van der Waals surface area contributed by atoms with Crippen molar-refractivity contribution in [2.45, 2.75) is 123 Å². The largest absolute Gasteiger partial charge is 0.481 e. The average molecular weight is 740 g/mol. The summed E-state index contributed by atoms with van der Waals surface area (Å²) in [7, 11) is 0. The van der Waals surface area contributed by atoms with Crippen LogP contribution in [0.2, 0.25) is 0 Å². The molecule has 19 heteroatoms. The Bertz CT molecular complexity index is 1370. The molecule has 0 saturated carbocycles. The zero-order chi connectivity index (χ0) is 39.9. The molecule has 19 nitrogen and oxygen atoms in total. The van der Waals surface area contributed by atoms with Gasteiger partial charge in [-0.2, -0.15) is 0 Å². The van der Waals surface area contributed by atoms with Crippen LogP contribution in [0, 0.1) is 11.8 Å². The summed E-state index contributed by atoms with van der Waals surface area (Å²) in [6, 6.07) is -7.03. The highest BCUT2D eigenvalue weighted by Gasteiger charge is 2.41. The first kappa shape index (κ1) is 44.9. The predicted molar refractivity (Wildman–Crippen MR) is 183 cm³/mol. The van der Waals surface area contributed by atoms with Gasteiger partial charge in [0.1, 0.15) is 36.8 Å². The Hall–Kier alpha value is -5.10. The van der Waals surface area contributed by atoms with Crippen LogP contribution >= 0.6 is 0 Å². The summed E-state index contributed by atoms with van der Waals surface area (Å²) in [5, 5.41) is 32.3. The molecule has 0 spiro atoms. The average Bonchev–Trinajstić information content (AvgIpc) is 3.55. The molecule has 0 radical (unpaired) electrons. The van der Waals surface area contributed by atoms with Crippen molar-refractivity contribution in [1.29, 1.82) is 0 Å². The van der Waals surface area contributed by atoms with Gasteiger partial charge in [0, 0.05) is 19.9 Å². The first-order valence-corrected chi connectivity index (χ1v) is 17.3. The fraction of sp³-hybridized carbons (Fsp3) is 0.697. The molecule has 1 aliphatic rings. The van der Waals surface area contributed by atoms with Crippen LogP contribution in [0.5, 0.6) is 0 Å². The summed E-state index contributed by atoms with van der Waals surface area (Å²) in [4.78, 5) is 126. The molecule has 0 aliphatic carbocycles. The van der Waals surface area contributed by atoms with Crippen molar-refractivity contribution >= 4 is 59.1 Å². The van der Waals surface area contributed by atoms with E-state index in [1.54, 1.807) is 34.6 Å². The normalized spacial score (nSPS) is 16.8. The van der Waals surface area contributed by atoms with E-state index in [9.17, 15) is 47.9 Å². The summed E-state index contributed by atoms with van der Waals surface area (Å²) in [5.74, 6) is -9.85. The number of Topliss-reactive ketones (excluding diaryl/α,β-unsaturated/α-hetero) is 1. The number of carbonyl (C=O) groups excluding carboxylic acids is 8. The number of nitrogens with one attached hydrogen (secondary N) is 6. The van der Waals surface area contributed by atoms with Crippen molar-refractivity contribution in [3.63, 3.8) is 0 Å². The lowest BCUT2D eigenvalue weighted by atomic mass is 9.98. The topological polar surface area (TPSA) is 287 Å². The van der Waals surface area contributed by atoms with Gasteiger partial charge in [-0.25, -0.2) is 0 Å². The van der Waals surface area contributed by atoms with Crippen LogP contribution in [0.1, 0.15) is 87.0 Å². The van der Waals surface area contributed by atoms with Crippen LogP contribution in [-0.4, -0.2) is 124 Å². The second kappa shape index (κ2) is 21.3. The van der Waals surface area contributed by atoms with E-state index in [0.29, 0.717) is 12.8 Å². The van der Waals surface area contributed by atoms with E-state index < -0.39 is 120 Å². The second-order valence-electron chi connectivity index (χ2n) is 13.4. The third-order valence-corrected chi connectivity index (χ3v) is 8.24. The molecule has 0 aromatic carbocycles. The van der Waals surface area contributed by atoms with Gasteiger partial charge in [-0.15, -0.1) is 0 Å². The molecule has 0 aromatic heterocycles. The van der Waals surface area contributed by atoms with Crippen LogP contribution in [0.15, 0.2) is 0 Å². The molecule has 0 bridgehead atoms. The first-order chi connectivity index (χ1) is 24.2. The van der Waals surface area contributed by atoms with Crippen molar-refractivity contribution in [2.75, 3.05) is 13.1 Å². The minimum absolute atomic E-state index is 0.0849. The summed E-state index contributed by atoms with van der Waals surface area (Å²) in [5.41, 5.74) is 0. The number of likely N-dealkylation sites (tertiary alicyclic amines) is 1. The van der Waals surface area contributed by atoms with Gasteiger partial charge in [0.05, 0.1) is 6.04 Å². The van der Waals surface area contributed by atoms with Gasteiger partial charge in [-0.05, 0) is 44.4 Å². The van der Waals surface area contributed by atoms with Gasteiger partial charge in [0.2, 0.25) is 41.2 Å². The highest BCUT2D eigenvalue weighted by Crippen LogP contribution is 2.21. The number of hydrogen-bond donors (Lipinski definition) is 8. The van der Waals surface area contributed by atoms with E-state index >= 15 is 0 Å². The van der Waals surface area contributed by atoms with Crippen molar-refractivity contribution < 1.29 is 58.2 Å². The summed E-state index contributed by atoms with van der Waals surface area (Å²) < 4.78 is 0. The Labute approximate surface area is 302 Å². The zero-order valence-electron chi connectivity index (χ0n) is 30.7. The standard InChI is InChI=1S/C33H53N7O12/c1-8-10-20(27(46)32(51)34-15-24(44)45)37-30(49)22-11-9-14-40(22)33(52)26(17(4)5)39-31(50)25(16(2)3)38-28(47)18(6)35-29(48)21(36-19(7)41)12-13-23(42)43/h16-18,20-22,25-26H,8-15H2,1-7H3,(H,34,51)(H,35,48)(H,36,41)(H,37,49)(H,38,47)(H,39,50)(H,42,43)(H,44,45)/t18-,20?,21-,22-,25-,26-/m0/s1. The molecular weight excluding hydrogens is 686 g/mol. The molecule has 7 amide bonds. The molecule has 1 rings (SSSR count). The Morgan fingerprint density at radius 2 is 1.31 bits per heavy atom. The third-order valence-electron chi connectivity index (χ3n) is 8.24. The molecule has 1 fully saturated rings. The maximum absolute atomic E-state index is 13.9. The maximum atomic E-state index is 13.9. The van der Waals surface area contributed by atoms with Crippen LogP contribution in [0.4, 0.5) is 0 Å². The number of carboxylic acids is 2. The van der Waals surface area contributed by atoms with Gasteiger partial charge >= 0.3 is 11.9 Å². The minimum Gasteiger partial charge on any atom is -0.481 e. The monoisotopic (exact) mass is 739 g/mol. The van der Waals surface area contributed by atoms with Gasteiger partial charge in [-0.1, -0.05) is 41.0 Å². The zero-order valence-corrected chi connectivity index (χ0v) is 30.7. The summed E-state index contributed by atoms with van der Waals surface area (Å²) in [6.07, 6.45) is 0.520. The van der Waals surface area contributed by atoms with Crippen LogP contribution in [0.3, 0.4) is 0 Å². The molecule has 1 heterocycles. The smallest absolute Gasteiger partial charge is 0.322 e. The van der Waals surface area contributed by atoms with E-state index in [4.69, 9.17) is 10.2 Å². The Morgan fingerprint density at radius 3 is 1.83 bits per heavy atom. The fourth-order valence-corrected chi connectivity index (χ4v) is 5.44. The minimum atomic E-state index is -1.35. The third kappa shape index (κ3) is 14.3. The van der Waals surface area contributed by atoms with E-state index in [1.165, 1.54) is 11.8 Å². The quantitative estimate of drug-likeness (QED) is 0.0605. The van der Waals surface area contributed by atoms with Crippen molar-refractivity contribution in [3.8, 4) is 0 Å². The molecule has 8 N–H and O–H groups in total. The SMILES string of the molecule is CCCC(NC(=O)[C@@H]1CCCN1C(=O)[C@@H](NC(=O)[C@@H](NC(=O)[C@H](C)NC(=O)[C@H](CCC(=O)O)NC(C)=O)C(C)C)C(C)C)C(=O)C(=O)NCC(=O)O. The Kier molecular flexibility index (Phi) is 18.4. The van der Waals surface area contributed by atoms with Crippen molar-refractivity contribution in [1.82, 2.24) is 36.8 Å². The second-order valence-corrected chi connectivity index (χ2v) is 13.4. The van der Waals surface area contributed by atoms with Crippen molar-refractivity contribution in [2.24, 2.45) is 11.8 Å². The number of carbonyl (C=O) groups is 10. The number of nitrogens with zero attached hydrogens (tertiary/aromatic N) is 1. The predicted octanol–water partition coefficient (Wildman–Crippen LogP) is -1.81. The van der Waals surface area contributed by atoms with Gasteiger partial charge in [-0.3, -0.25) is 47.9 Å². The molecule has 52 heavy (non-hydrogen) atoms. The molecular formula is C33H53N7O12. The van der Waals surface area contributed by atoms with Crippen LogP contribution < -0.4 is 31.9 Å². The maximum Gasteiger partial charge on any atom is 0.322 e. The van der Waals surface area contributed by atoms with E-state index in [-0.39, 0.29) is 25.8 Å². The molecule has 0 aromatic rings. The van der Waals surface area contributed by atoms with Gasteiger partial charge < -0.3 is 47.0 Å². The molecule has 1 aliphatic heterocycles. The lowest BCUT2D eigenvalue weighted by Crippen LogP contribution is -2.61. The number of aliphatic carboxylic acids is 2. The number of amides is 7. The van der Waals surface area contributed by atoms with Crippen LogP contribution in [0.25, 0.3) is 0 Å². The Balaban J connectivity index is 3.06. The van der Waals surface area contributed by atoms with E-state index in [0.717, 1.165) is 6.92 Å². The van der Waals surface area contributed by atoms with Gasteiger partial charge in [0.25, 0.3) is 5.91 Å². The summed E-state index contributed by atoms with van der Waals surface area (Å²) >= 11 is 0. The molecule has 6 atom stereocenters. The number of carboxylic acid groups (broad SMARTS) is 2. The molecule has 292 valence electrons. The lowest BCUT2D eigenvalue weighted by molar-refractivity contribution is -0.145. The highest BCUT2D eigenvalue weighted by molar-refractivity contribution is 6.38. The number of hydrogen-bond acceptors (Lipinski definition) is 10. The first-order valence-electron chi connectivity index (χ1n) is 17.3. The molecule has 1 unspecified atom stereocenters. The number of rotatable bonds is 21. The Morgan fingerprint density at radius 1 is 0.712 bits per heavy atom. The van der Waals surface area contributed by atoms with Crippen molar-refractivity contribution in [3.05, 3.63) is 0 Å². The molecule has 1 saturated heterocycles. The van der Waals surface area contributed by atoms with Gasteiger partial charge in [0.15, 0.2) is 0 Å². The number of ketones is 1.